The highest BCUT2D eigenvalue weighted by molar-refractivity contribution is 5.74. The lowest BCUT2D eigenvalue weighted by atomic mass is 10.1. The normalized spacial score (nSPS) is 11.9. The number of carbonyl (C=O) groups is 3. The first kappa shape index (κ1) is 23.3. The largest absolute Gasteiger partial charge is 0.464 e. The van der Waals surface area contributed by atoms with Crippen LogP contribution in [-0.4, -0.2) is 43.5 Å². The third-order valence-corrected chi connectivity index (χ3v) is 3.55. The van der Waals surface area contributed by atoms with Crippen LogP contribution in [0.25, 0.3) is 0 Å². The van der Waals surface area contributed by atoms with Gasteiger partial charge in [0.05, 0.1) is 12.5 Å². The van der Waals surface area contributed by atoms with Gasteiger partial charge in [-0.15, -0.1) is 0 Å². The number of benzene rings is 1. The average Bonchev–Trinajstić information content (AvgIpc) is 2.63. The van der Waals surface area contributed by atoms with Crippen LogP contribution in [-0.2, 0) is 25.6 Å². The molecule has 28 heavy (non-hydrogen) atoms. The third-order valence-electron chi connectivity index (χ3n) is 3.55. The molecule has 8 nitrogen and oxygen atoms in total. The first-order valence-corrected chi connectivity index (χ1v) is 9.29. The number of hydrogen-bond donors (Lipinski definition) is 2. The Hall–Kier alpha value is -2.77. The van der Waals surface area contributed by atoms with Crippen molar-refractivity contribution in [3.63, 3.8) is 0 Å². The molecule has 0 aliphatic heterocycles. The number of esters is 1. The fourth-order valence-electron chi connectivity index (χ4n) is 2.11. The molecule has 0 aliphatic rings. The van der Waals surface area contributed by atoms with Gasteiger partial charge in [-0.2, -0.15) is 0 Å². The molecule has 0 aromatic heterocycles. The van der Waals surface area contributed by atoms with Gasteiger partial charge in [-0.05, 0) is 32.8 Å². The van der Waals surface area contributed by atoms with Gasteiger partial charge in [0.15, 0.2) is 0 Å². The fourth-order valence-corrected chi connectivity index (χ4v) is 2.11. The molecule has 0 aliphatic carbocycles. The van der Waals surface area contributed by atoms with Crippen molar-refractivity contribution in [3.05, 3.63) is 35.9 Å². The Morgan fingerprint density at radius 1 is 1.00 bits per heavy atom. The van der Waals surface area contributed by atoms with E-state index in [1.807, 2.05) is 37.3 Å². The Kier molecular flexibility index (Phi) is 9.84. The lowest BCUT2D eigenvalue weighted by Gasteiger charge is -2.21. The maximum atomic E-state index is 12.1. The molecular weight excluding hydrogens is 364 g/mol. The van der Waals surface area contributed by atoms with Gasteiger partial charge < -0.3 is 24.8 Å². The van der Waals surface area contributed by atoms with Gasteiger partial charge in [-0.25, -0.2) is 9.59 Å². The summed E-state index contributed by atoms with van der Waals surface area (Å²) in [5.41, 5.74) is 0.278. The van der Waals surface area contributed by atoms with Crippen molar-refractivity contribution in [3.8, 4) is 0 Å². The first-order valence-electron chi connectivity index (χ1n) is 9.29. The summed E-state index contributed by atoms with van der Waals surface area (Å²) in [5.74, 6) is -0.935. The highest BCUT2D eigenvalue weighted by Gasteiger charge is 2.21. The zero-order valence-electron chi connectivity index (χ0n) is 16.9. The van der Waals surface area contributed by atoms with Crippen LogP contribution in [0.5, 0.6) is 0 Å². The number of ether oxygens (including phenoxy) is 3. The van der Waals surface area contributed by atoms with E-state index >= 15 is 0 Å². The number of nitrogens with one attached hydrogen (secondary N) is 2. The highest BCUT2D eigenvalue weighted by atomic mass is 16.6. The number of hydrogen-bond acceptors (Lipinski definition) is 6. The molecule has 0 fully saturated rings. The molecule has 0 heterocycles. The van der Waals surface area contributed by atoms with Gasteiger partial charge in [0.25, 0.3) is 0 Å². The Balaban J connectivity index is 2.21. The minimum Gasteiger partial charge on any atom is -0.464 e. The topological polar surface area (TPSA) is 103 Å². The van der Waals surface area contributed by atoms with Crippen LogP contribution < -0.4 is 10.6 Å². The molecule has 1 atom stereocenters. The van der Waals surface area contributed by atoms with Crippen LogP contribution in [0.3, 0.4) is 0 Å². The SMILES string of the molecule is CC[C@@H](CNC(=O)OC(C)(C)C)C(=O)OCCNC(=O)OCc1ccccc1. The Morgan fingerprint density at radius 3 is 2.29 bits per heavy atom. The molecule has 2 amide bonds. The van der Waals surface area contributed by atoms with Gasteiger partial charge in [0, 0.05) is 6.54 Å². The highest BCUT2D eigenvalue weighted by Crippen LogP contribution is 2.08. The molecule has 156 valence electrons. The van der Waals surface area contributed by atoms with E-state index < -0.39 is 29.7 Å². The molecule has 0 spiro atoms. The van der Waals surface area contributed by atoms with E-state index in [-0.39, 0.29) is 26.3 Å². The smallest absolute Gasteiger partial charge is 0.407 e. The van der Waals surface area contributed by atoms with E-state index in [0.29, 0.717) is 6.42 Å². The van der Waals surface area contributed by atoms with E-state index in [4.69, 9.17) is 14.2 Å². The summed E-state index contributed by atoms with van der Waals surface area (Å²) in [4.78, 5) is 35.3. The summed E-state index contributed by atoms with van der Waals surface area (Å²) >= 11 is 0. The van der Waals surface area contributed by atoms with Crippen molar-refractivity contribution in [1.82, 2.24) is 10.6 Å². The maximum Gasteiger partial charge on any atom is 0.407 e. The second kappa shape index (κ2) is 11.8. The Bertz CT molecular complexity index is 627. The monoisotopic (exact) mass is 394 g/mol. The molecule has 1 aromatic rings. The van der Waals surface area contributed by atoms with Crippen LogP contribution >= 0.6 is 0 Å². The summed E-state index contributed by atoms with van der Waals surface area (Å²) in [5, 5.41) is 5.07. The van der Waals surface area contributed by atoms with Gasteiger partial charge in [0.1, 0.15) is 18.8 Å². The molecular formula is C20H30N2O6. The predicted octanol–water partition coefficient (Wildman–Crippen LogP) is 3.01. The van der Waals surface area contributed by atoms with E-state index in [2.05, 4.69) is 10.6 Å². The minimum absolute atomic E-state index is 0.0161. The zero-order valence-corrected chi connectivity index (χ0v) is 16.9. The Labute approximate surface area is 165 Å². The predicted molar refractivity (Wildman–Crippen MR) is 104 cm³/mol. The van der Waals surface area contributed by atoms with Crippen molar-refractivity contribution in [1.29, 1.82) is 0 Å². The van der Waals surface area contributed by atoms with E-state index in [1.165, 1.54) is 0 Å². The van der Waals surface area contributed by atoms with Gasteiger partial charge in [0.2, 0.25) is 0 Å². The summed E-state index contributed by atoms with van der Waals surface area (Å²) in [7, 11) is 0. The van der Waals surface area contributed by atoms with Crippen molar-refractivity contribution in [2.75, 3.05) is 19.7 Å². The van der Waals surface area contributed by atoms with E-state index in [9.17, 15) is 14.4 Å². The summed E-state index contributed by atoms with van der Waals surface area (Å²) < 4.78 is 15.3. The Morgan fingerprint density at radius 2 is 1.68 bits per heavy atom. The molecule has 0 radical (unpaired) electrons. The molecule has 0 bridgehead atoms. The van der Waals surface area contributed by atoms with Crippen LogP contribution in [0.4, 0.5) is 9.59 Å². The van der Waals surface area contributed by atoms with Gasteiger partial charge in [-0.1, -0.05) is 37.3 Å². The molecule has 8 heteroatoms. The molecule has 1 rings (SSSR count). The zero-order chi connectivity index (χ0) is 21.0. The van der Waals surface area contributed by atoms with E-state index in [1.54, 1.807) is 20.8 Å². The number of alkyl carbamates (subject to hydrolysis) is 2. The van der Waals surface area contributed by atoms with Crippen molar-refractivity contribution >= 4 is 18.2 Å². The second-order valence-electron chi connectivity index (χ2n) is 7.14. The second-order valence-corrected chi connectivity index (χ2v) is 7.14. The lowest BCUT2D eigenvalue weighted by molar-refractivity contribution is -0.148. The number of amides is 2. The molecule has 1 aromatic carbocycles. The first-order chi connectivity index (χ1) is 13.2. The van der Waals surface area contributed by atoms with Crippen LogP contribution in [0.15, 0.2) is 30.3 Å². The van der Waals surface area contributed by atoms with Crippen LogP contribution in [0, 0.1) is 5.92 Å². The molecule has 0 saturated heterocycles. The number of rotatable bonds is 9. The standard InChI is InChI=1S/C20H30N2O6/c1-5-16(13-22-19(25)28-20(2,3)4)17(23)26-12-11-21-18(24)27-14-15-9-7-6-8-10-15/h6-10,16H,5,11-14H2,1-4H3,(H,21,24)(H,22,25)/t16-/m0/s1. The average molecular weight is 394 g/mol. The molecule has 2 N–H and O–H groups in total. The minimum atomic E-state index is -0.604. The summed E-state index contributed by atoms with van der Waals surface area (Å²) in [6, 6.07) is 9.30. The summed E-state index contributed by atoms with van der Waals surface area (Å²) in [6.45, 7) is 7.54. The van der Waals surface area contributed by atoms with Crippen molar-refractivity contribution < 1.29 is 28.6 Å². The molecule has 0 saturated carbocycles. The van der Waals surface area contributed by atoms with Gasteiger partial charge >= 0.3 is 18.2 Å². The fraction of sp³-hybridized carbons (Fsp3) is 0.550. The summed E-state index contributed by atoms with van der Waals surface area (Å²) in [6.07, 6.45) is -0.665. The third kappa shape index (κ3) is 10.4. The van der Waals surface area contributed by atoms with Crippen LogP contribution in [0.1, 0.15) is 39.7 Å². The van der Waals surface area contributed by atoms with Crippen LogP contribution in [0.2, 0.25) is 0 Å². The maximum absolute atomic E-state index is 12.1. The lowest BCUT2D eigenvalue weighted by Crippen LogP contribution is -2.38. The van der Waals surface area contributed by atoms with Crippen molar-refractivity contribution in [2.45, 2.75) is 46.3 Å². The number of carbonyl (C=O) groups excluding carboxylic acids is 3. The molecule has 0 unspecified atom stereocenters. The quantitative estimate of drug-likeness (QED) is 0.379. The van der Waals surface area contributed by atoms with E-state index in [0.717, 1.165) is 5.56 Å². The van der Waals surface area contributed by atoms with Gasteiger partial charge in [-0.3, -0.25) is 4.79 Å². The van der Waals surface area contributed by atoms with Crippen molar-refractivity contribution in [2.24, 2.45) is 5.92 Å².